The van der Waals surface area contributed by atoms with Crippen LogP contribution in [0.1, 0.15) is 30.4 Å². The highest BCUT2D eigenvalue weighted by Crippen LogP contribution is 2.39. The minimum absolute atomic E-state index is 0. The Morgan fingerprint density at radius 2 is 1.72 bits per heavy atom. The zero-order valence-corrected chi connectivity index (χ0v) is 17.2. The molecule has 0 bridgehead atoms. The topological polar surface area (TPSA) is 66.6 Å². The average Bonchev–Trinajstić information content (AvgIpc) is 3.28. The number of likely N-dealkylation sites (tertiary alicyclic amines) is 1. The molecular weight excluding hydrogens is 386 g/mol. The van der Waals surface area contributed by atoms with Gasteiger partial charge in [-0.05, 0) is 53.6 Å². The summed E-state index contributed by atoms with van der Waals surface area (Å²) < 4.78 is 0. The Balaban J connectivity index is 0.00000205. The maximum atomic E-state index is 12.9. The van der Waals surface area contributed by atoms with Gasteiger partial charge in [0, 0.05) is 37.8 Å². The first-order valence-electron chi connectivity index (χ1n) is 10.2. The summed E-state index contributed by atoms with van der Waals surface area (Å²) in [6.45, 7) is 1.90. The molecule has 2 heterocycles. The summed E-state index contributed by atoms with van der Waals surface area (Å²) in [6, 6.07) is 14.9. The summed E-state index contributed by atoms with van der Waals surface area (Å²) >= 11 is 0. The van der Waals surface area contributed by atoms with Crippen molar-refractivity contribution >= 4 is 29.9 Å². The Hall–Kier alpha value is -2.37. The van der Waals surface area contributed by atoms with Crippen molar-refractivity contribution in [2.75, 3.05) is 24.5 Å². The Morgan fingerprint density at radius 1 is 1.00 bits per heavy atom. The first kappa shape index (κ1) is 19.9. The third-order valence-corrected chi connectivity index (χ3v) is 6.41. The van der Waals surface area contributed by atoms with Gasteiger partial charge in [-0.3, -0.25) is 9.59 Å². The van der Waals surface area contributed by atoms with Gasteiger partial charge in [0.25, 0.3) is 0 Å². The van der Waals surface area contributed by atoms with E-state index in [-0.39, 0.29) is 36.2 Å². The van der Waals surface area contributed by atoms with Crippen LogP contribution in [0.15, 0.2) is 42.5 Å². The molecule has 0 spiro atoms. The zero-order chi connectivity index (χ0) is 19.3. The molecule has 2 fully saturated rings. The molecule has 1 atom stereocenters. The molecule has 3 aliphatic rings. The molecule has 5 rings (SSSR count). The van der Waals surface area contributed by atoms with Crippen LogP contribution in [0.2, 0.25) is 0 Å². The Kier molecular flexibility index (Phi) is 5.36. The van der Waals surface area contributed by atoms with Crippen molar-refractivity contribution in [3.63, 3.8) is 0 Å². The normalized spacial score (nSPS) is 21.0. The Morgan fingerprint density at radius 3 is 2.52 bits per heavy atom. The van der Waals surface area contributed by atoms with Crippen molar-refractivity contribution in [1.82, 2.24) is 4.90 Å². The molecule has 5 nitrogen and oxygen atoms in total. The fourth-order valence-electron chi connectivity index (χ4n) is 4.80. The quantitative estimate of drug-likeness (QED) is 0.705. The van der Waals surface area contributed by atoms with Crippen molar-refractivity contribution in [3.8, 4) is 11.1 Å². The summed E-state index contributed by atoms with van der Waals surface area (Å²) in [4.78, 5) is 29.2. The first-order valence-corrected chi connectivity index (χ1v) is 10.2. The molecule has 2 amide bonds. The Bertz CT molecular complexity index is 953. The van der Waals surface area contributed by atoms with Crippen molar-refractivity contribution in [2.24, 2.45) is 11.7 Å². The van der Waals surface area contributed by atoms with Crippen LogP contribution in [0.3, 0.4) is 0 Å². The van der Waals surface area contributed by atoms with Crippen LogP contribution < -0.4 is 10.6 Å². The molecule has 29 heavy (non-hydrogen) atoms. The molecule has 152 valence electrons. The number of piperidine rings is 1. The second-order valence-electron chi connectivity index (χ2n) is 8.24. The first-order chi connectivity index (χ1) is 13.6. The number of amides is 2. The number of rotatable bonds is 2. The van der Waals surface area contributed by atoms with Crippen LogP contribution in [-0.4, -0.2) is 42.4 Å². The molecule has 2 aromatic carbocycles. The fraction of sp³-hybridized carbons (Fsp3) is 0.391. The zero-order valence-electron chi connectivity index (χ0n) is 16.3. The predicted octanol–water partition coefficient (Wildman–Crippen LogP) is 2.98. The van der Waals surface area contributed by atoms with Gasteiger partial charge < -0.3 is 15.5 Å². The number of halogens is 1. The maximum Gasteiger partial charge on any atom is 0.228 e. The summed E-state index contributed by atoms with van der Waals surface area (Å²) in [7, 11) is 0. The molecule has 1 aliphatic carbocycles. The second-order valence-corrected chi connectivity index (χ2v) is 8.24. The van der Waals surface area contributed by atoms with Crippen molar-refractivity contribution in [1.29, 1.82) is 0 Å². The number of hydrogen-bond donors (Lipinski definition) is 1. The largest absolute Gasteiger partial charge is 0.342 e. The highest BCUT2D eigenvalue weighted by atomic mass is 35.5. The molecule has 2 aromatic rings. The smallest absolute Gasteiger partial charge is 0.228 e. The third kappa shape index (κ3) is 3.53. The van der Waals surface area contributed by atoms with Gasteiger partial charge in [-0.15, -0.1) is 12.4 Å². The molecule has 6 heteroatoms. The van der Waals surface area contributed by atoms with Gasteiger partial charge in [0.1, 0.15) is 0 Å². The number of fused-ring (bicyclic) bond motifs is 3. The number of benzene rings is 2. The lowest BCUT2D eigenvalue weighted by atomic mass is 10.0. The van der Waals surface area contributed by atoms with Crippen LogP contribution in [0.5, 0.6) is 0 Å². The summed E-state index contributed by atoms with van der Waals surface area (Å²) in [5.74, 6) is -0.0916. The van der Waals surface area contributed by atoms with Gasteiger partial charge >= 0.3 is 0 Å². The lowest BCUT2D eigenvalue weighted by Gasteiger charge is -2.31. The van der Waals surface area contributed by atoms with Crippen LogP contribution >= 0.6 is 12.4 Å². The SMILES string of the molecule is Cl.NC1CCN(C(=O)C2CC(=O)N(c3ccc4c(c3)Cc3ccccc3-4)C2)CC1. The maximum absolute atomic E-state index is 12.9. The van der Waals surface area contributed by atoms with E-state index in [1.807, 2.05) is 11.0 Å². The minimum Gasteiger partial charge on any atom is -0.342 e. The van der Waals surface area contributed by atoms with Crippen LogP contribution in [0.25, 0.3) is 11.1 Å². The Labute approximate surface area is 177 Å². The summed E-state index contributed by atoms with van der Waals surface area (Å²) in [5, 5.41) is 0. The third-order valence-electron chi connectivity index (χ3n) is 6.41. The van der Waals surface area contributed by atoms with Crippen LogP contribution in [0.4, 0.5) is 5.69 Å². The van der Waals surface area contributed by atoms with E-state index >= 15 is 0 Å². The number of nitrogens with two attached hydrogens (primary N) is 1. The molecule has 0 saturated carbocycles. The number of anilines is 1. The van der Waals surface area contributed by atoms with Gasteiger partial charge in [-0.25, -0.2) is 0 Å². The van der Waals surface area contributed by atoms with Gasteiger partial charge in [0.15, 0.2) is 0 Å². The number of carbonyl (C=O) groups is 2. The van der Waals surface area contributed by atoms with E-state index in [2.05, 4.69) is 36.4 Å². The highest BCUT2D eigenvalue weighted by molar-refractivity contribution is 6.00. The van der Waals surface area contributed by atoms with Crippen LogP contribution in [0, 0.1) is 5.92 Å². The van der Waals surface area contributed by atoms with Gasteiger partial charge in [0.05, 0.1) is 5.92 Å². The molecule has 1 unspecified atom stereocenters. The van der Waals surface area contributed by atoms with Gasteiger partial charge in [0.2, 0.25) is 11.8 Å². The van der Waals surface area contributed by atoms with E-state index in [1.54, 1.807) is 4.90 Å². The molecule has 2 N–H and O–H groups in total. The van der Waals surface area contributed by atoms with E-state index in [1.165, 1.54) is 22.3 Å². The molecular formula is C23H26ClN3O2. The van der Waals surface area contributed by atoms with Crippen molar-refractivity contribution in [2.45, 2.75) is 31.7 Å². The molecule has 0 aromatic heterocycles. The molecule has 2 saturated heterocycles. The molecule has 0 radical (unpaired) electrons. The standard InChI is InChI=1S/C23H25N3O2.ClH/c24-18-7-9-25(10-8-18)23(28)17-13-22(27)26(14-17)19-5-6-21-16(12-19)11-15-3-1-2-4-20(15)21;/h1-6,12,17-18H,7-11,13-14,24H2;1H. The number of nitrogens with zero attached hydrogens (tertiary/aromatic N) is 2. The lowest BCUT2D eigenvalue weighted by Crippen LogP contribution is -2.45. The predicted molar refractivity (Wildman–Crippen MR) is 116 cm³/mol. The summed E-state index contributed by atoms with van der Waals surface area (Å²) in [6.07, 6.45) is 2.90. The van der Waals surface area contributed by atoms with Crippen LogP contribution in [-0.2, 0) is 16.0 Å². The second kappa shape index (κ2) is 7.81. The average molecular weight is 412 g/mol. The van der Waals surface area contributed by atoms with E-state index in [4.69, 9.17) is 5.73 Å². The molecule has 2 aliphatic heterocycles. The van der Waals surface area contributed by atoms with E-state index < -0.39 is 0 Å². The minimum atomic E-state index is -0.243. The summed E-state index contributed by atoms with van der Waals surface area (Å²) in [5.41, 5.74) is 12.0. The van der Waals surface area contributed by atoms with E-state index in [0.29, 0.717) is 26.1 Å². The number of hydrogen-bond acceptors (Lipinski definition) is 3. The monoisotopic (exact) mass is 411 g/mol. The van der Waals surface area contributed by atoms with E-state index in [9.17, 15) is 9.59 Å². The van der Waals surface area contributed by atoms with Gasteiger partial charge in [-0.1, -0.05) is 30.3 Å². The van der Waals surface area contributed by atoms with Gasteiger partial charge in [-0.2, -0.15) is 0 Å². The van der Waals surface area contributed by atoms with Crippen molar-refractivity contribution < 1.29 is 9.59 Å². The number of carbonyl (C=O) groups excluding carboxylic acids is 2. The van der Waals surface area contributed by atoms with Crippen molar-refractivity contribution in [3.05, 3.63) is 53.6 Å². The lowest BCUT2D eigenvalue weighted by molar-refractivity contribution is -0.136. The fourth-order valence-corrected chi connectivity index (χ4v) is 4.80. The highest BCUT2D eigenvalue weighted by Gasteiger charge is 2.38. The van der Waals surface area contributed by atoms with E-state index in [0.717, 1.165) is 24.9 Å².